The van der Waals surface area contributed by atoms with E-state index in [0.29, 0.717) is 13.0 Å². The van der Waals surface area contributed by atoms with Crippen molar-refractivity contribution >= 4 is 28.6 Å². The molecule has 0 aliphatic carbocycles. The molecule has 0 unspecified atom stereocenters. The van der Waals surface area contributed by atoms with E-state index in [-0.39, 0.29) is 5.91 Å². The van der Waals surface area contributed by atoms with Crippen molar-refractivity contribution in [3.63, 3.8) is 0 Å². The number of aryl methyl sites for hydroxylation is 2. The van der Waals surface area contributed by atoms with Gasteiger partial charge in [-0.3, -0.25) is 4.79 Å². The Morgan fingerprint density at radius 2 is 1.62 bits per heavy atom. The van der Waals surface area contributed by atoms with E-state index in [1.54, 1.807) is 11.8 Å². The van der Waals surface area contributed by atoms with Gasteiger partial charge in [0, 0.05) is 41.5 Å². The molecule has 0 bridgehead atoms. The molecular weight excluding hydrogens is 412 g/mol. The van der Waals surface area contributed by atoms with Crippen LogP contribution in [0.3, 0.4) is 0 Å². The summed E-state index contributed by atoms with van der Waals surface area (Å²) in [5.41, 5.74) is 6.26. The molecule has 0 radical (unpaired) electrons. The van der Waals surface area contributed by atoms with Gasteiger partial charge in [-0.25, -0.2) is 0 Å². The molecule has 0 saturated heterocycles. The fraction of sp³-hybridized carbons (Fsp3) is 0.250. The Morgan fingerprint density at radius 3 is 2.38 bits per heavy atom. The van der Waals surface area contributed by atoms with Crippen LogP contribution in [0.2, 0.25) is 0 Å². The van der Waals surface area contributed by atoms with Crippen LogP contribution in [-0.2, 0) is 24.2 Å². The molecule has 4 aromatic rings. The summed E-state index contributed by atoms with van der Waals surface area (Å²) in [5.74, 6) is 0.112. The fourth-order valence-corrected chi connectivity index (χ4v) is 4.43. The molecule has 0 atom stereocenters. The number of nitrogens with one attached hydrogen (secondary N) is 1. The molecule has 3 aromatic carbocycles. The minimum absolute atomic E-state index is 0.112. The van der Waals surface area contributed by atoms with Crippen molar-refractivity contribution in [2.24, 2.45) is 0 Å². The zero-order chi connectivity index (χ0) is 22.3. The number of benzene rings is 3. The standard InChI is InChI=1S/C28H30N2OS/c1-21-7-9-23(10-8-21)19-30-20-24(26-5-3-4-6-27(26)30)13-16-28(31)29-18-17-22-11-14-25(32-2)15-12-22/h3-12,14-15,20H,13,16-19H2,1-2H3,(H,29,31). The highest BCUT2D eigenvalue weighted by atomic mass is 32.2. The number of hydrogen-bond acceptors (Lipinski definition) is 2. The van der Waals surface area contributed by atoms with E-state index in [0.717, 1.165) is 19.4 Å². The zero-order valence-electron chi connectivity index (χ0n) is 18.8. The van der Waals surface area contributed by atoms with Gasteiger partial charge in [-0.1, -0.05) is 60.2 Å². The Hall–Kier alpha value is -2.98. The highest BCUT2D eigenvalue weighted by Gasteiger charge is 2.10. The maximum atomic E-state index is 12.5. The Balaban J connectivity index is 1.35. The first kappa shape index (κ1) is 22.2. The summed E-state index contributed by atoms with van der Waals surface area (Å²) in [6.45, 7) is 3.62. The molecule has 0 aliphatic rings. The lowest BCUT2D eigenvalue weighted by molar-refractivity contribution is -0.121. The second-order valence-corrected chi connectivity index (χ2v) is 9.11. The van der Waals surface area contributed by atoms with Crippen molar-refractivity contribution in [2.75, 3.05) is 12.8 Å². The first-order valence-corrected chi connectivity index (χ1v) is 12.4. The van der Waals surface area contributed by atoms with E-state index in [1.807, 2.05) is 0 Å². The van der Waals surface area contributed by atoms with Gasteiger partial charge in [-0.15, -0.1) is 11.8 Å². The molecule has 32 heavy (non-hydrogen) atoms. The van der Waals surface area contributed by atoms with Crippen LogP contribution in [0.25, 0.3) is 10.9 Å². The summed E-state index contributed by atoms with van der Waals surface area (Å²) in [7, 11) is 0. The van der Waals surface area contributed by atoms with Gasteiger partial charge in [0.1, 0.15) is 0 Å². The Labute approximate surface area is 194 Å². The SMILES string of the molecule is CSc1ccc(CCNC(=O)CCc2cn(Cc3ccc(C)cc3)c3ccccc23)cc1. The van der Waals surface area contributed by atoms with Crippen LogP contribution in [-0.4, -0.2) is 23.3 Å². The van der Waals surface area contributed by atoms with Crippen LogP contribution in [0.4, 0.5) is 0 Å². The molecule has 3 nitrogen and oxygen atoms in total. The van der Waals surface area contributed by atoms with Crippen molar-refractivity contribution in [1.29, 1.82) is 0 Å². The zero-order valence-corrected chi connectivity index (χ0v) is 19.6. The average molecular weight is 443 g/mol. The molecule has 4 rings (SSSR count). The summed E-state index contributed by atoms with van der Waals surface area (Å²) in [5, 5.41) is 4.32. The van der Waals surface area contributed by atoms with Gasteiger partial charge < -0.3 is 9.88 Å². The quantitative estimate of drug-likeness (QED) is 0.322. The number of carbonyl (C=O) groups is 1. The summed E-state index contributed by atoms with van der Waals surface area (Å²) in [6, 6.07) is 25.7. The molecular formula is C28H30N2OS. The van der Waals surface area contributed by atoms with E-state index < -0.39 is 0 Å². The van der Waals surface area contributed by atoms with E-state index in [2.05, 4.69) is 102 Å². The smallest absolute Gasteiger partial charge is 0.220 e. The van der Waals surface area contributed by atoms with Gasteiger partial charge in [-0.2, -0.15) is 0 Å². The van der Waals surface area contributed by atoms with Gasteiger partial charge in [0.05, 0.1) is 0 Å². The van der Waals surface area contributed by atoms with Gasteiger partial charge in [0.2, 0.25) is 5.91 Å². The Bertz CT molecular complexity index is 1180. The van der Waals surface area contributed by atoms with Crippen LogP contribution in [0, 0.1) is 6.92 Å². The molecule has 1 amide bonds. The minimum atomic E-state index is 0.112. The van der Waals surface area contributed by atoms with Gasteiger partial charge in [-0.05, 0) is 60.9 Å². The summed E-state index contributed by atoms with van der Waals surface area (Å²) < 4.78 is 2.30. The highest BCUT2D eigenvalue weighted by Crippen LogP contribution is 2.24. The molecule has 0 fully saturated rings. The lowest BCUT2D eigenvalue weighted by Gasteiger charge is -2.06. The number of hydrogen-bond donors (Lipinski definition) is 1. The fourth-order valence-electron chi connectivity index (χ4n) is 4.02. The maximum absolute atomic E-state index is 12.5. The molecule has 164 valence electrons. The normalized spacial score (nSPS) is 11.1. The molecule has 1 N–H and O–H groups in total. The first-order valence-electron chi connectivity index (χ1n) is 11.1. The van der Waals surface area contributed by atoms with Crippen LogP contribution >= 0.6 is 11.8 Å². The van der Waals surface area contributed by atoms with Crippen LogP contribution in [0.5, 0.6) is 0 Å². The average Bonchev–Trinajstić information content (AvgIpc) is 3.17. The third-order valence-electron chi connectivity index (χ3n) is 5.86. The van der Waals surface area contributed by atoms with Crippen molar-refractivity contribution in [3.05, 3.63) is 101 Å². The van der Waals surface area contributed by atoms with E-state index >= 15 is 0 Å². The van der Waals surface area contributed by atoms with Crippen LogP contribution in [0.15, 0.2) is 83.9 Å². The Kier molecular flexibility index (Phi) is 7.33. The topological polar surface area (TPSA) is 34.0 Å². The Morgan fingerprint density at radius 1 is 0.906 bits per heavy atom. The second-order valence-electron chi connectivity index (χ2n) is 8.23. The second kappa shape index (κ2) is 10.6. The molecule has 0 aliphatic heterocycles. The number of fused-ring (bicyclic) bond motifs is 1. The molecule has 0 spiro atoms. The maximum Gasteiger partial charge on any atom is 0.220 e. The van der Waals surface area contributed by atoms with Gasteiger partial charge >= 0.3 is 0 Å². The number of para-hydroxylation sites is 1. The number of amides is 1. The minimum Gasteiger partial charge on any atom is -0.356 e. The van der Waals surface area contributed by atoms with Crippen molar-refractivity contribution < 1.29 is 4.79 Å². The predicted octanol–water partition coefficient (Wildman–Crippen LogP) is 6.01. The predicted molar refractivity (Wildman–Crippen MR) is 135 cm³/mol. The molecule has 1 aromatic heterocycles. The number of aromatic nitrogens is 1. The lowest BCUT2D eigenvalue weighted by atomic mass is 10.1. The molecule has 4 heteroatoms. The monoisotopic (exact) mass is 442 g/mol. The number of thioether (sulfide) groups is 1. The van der Waals surface area contributed by atoms with Crippen molar-refractivity contribution in [3.8, 4) is 0 Å². The summed E-state index contributed by atoms with van der Waals surface area (Å²) in [4.78, 5) is 13.7. The molecule has 1 heterocycles. The van der Waals surface area contributed by atoms with E-state index in [9.17, 15) is 4.79 Å². The number of nitrogens with zero attached hydrogens (tertiary/aromatic N) is 1. The van der Waals surface area contributed by atoms with E-state index in [1.165, 1.54) is 38.1 Å². The molecule has 0 saturated carbocycles. The number of rotatable bonds is 9. The number of carbonyl (C=O) groups excluding carboxylic acids is 1. The van der Waals surface area contributed by atoms with Gasteiger partial charge in [0.25, 0.3) is 0 Å². The van der Waals surface area contributed by atoms with Crippen molar-refractivity contribution in [1.82, 2.24) is 9.88 Å². The third-order valence-corrected chi connectivity index (χ3v) is 6.60. The van der Waals surface area contributed by atoms with Crippen molar-refractivity contribution in [2.45, 2.75) is 37.6 Å². The summed E-state index contributed by atoms with van der Waals surface area (Å²) >= 11 is 1.74. The van der Waals surface area contributed by atoms with Gasteiger partial charge in [0.15, 0.2) is 0 Å². The highest BCUT2D eigenvalue weighted by molar-refractivity contribution is 7.98. The first-order chi connectivity index (χ1) is 15.6. The summed E-state index contributed by atoms with van der Waals surface area (Å²) in [6.07, 6.45) is 6.40. The largest absolute Gasteiger partial charge is 0.356 e. The van der Waals surface area contributed by atoms with Crippen LogP contribution < -0.4 is 5.32 Å². The third kappa shape index (κ3) is 5.63. The van der Waals surface area contributed by atoms with Crippen LogP contribution in [0.1, 0.15) is 28.7 Å². The lowest BCUT2D eigenvalue weighted by Crippen LogP contribution is -2.25. The van der Waals surface area contributed by atoms with E-state index in [4.69, 9.17) is 0 Å².